The van der Waals surface area contributed by atoms with E-state index in [1.807, 2.05) is 45.9 Å². The molecule has 0 atom stereocenters. The van der Waals surface area contributed by atoms with Gasteiger partial charge in [-0.25, -0.2) is 0 Å². The van der Waals surface area contributed by atoms with Crippen LogP contribution >= 0.6 is 0 Å². The highest BCUT2D eigenvalue weighted by molar-refractivity contribution is 5.92. The van der Waals surface area contributed by atoms with Gasteiger partial charge < -0.3 is 14.4 Å². The van der Waals surface area contributed by atoms with E-state index in [1.165, 1.54) is 6.42 Å². The van der Waals surface area contributed by atoms with Crippen LogP contribution in [0, 0.1) is 0 Å². The van der Waals surface area contributed by atoms with Crippen molar-refractivity contribution >= 4 is 17.9 Å². The van der Waals surface area contributed by atoms with Crippen molar-refractivity contribution in [3.05, 3.63) is 53.6 Å². The van der Waals surface area contributed by atoms with E-state index in [0.717, 1.165) is 31.5 Å². The molecule has 140 valence electrons. The minimum absolute atomic E-state index is 0.0443. The third-order valence-corrected chi connectivity index (χ3v) is 5.12. The highest BCUT2D eigenvalue weighted by atomic mass is 16.2. The van der Waals surface area contributed by atoms with Crippen LogP contribution in [0.3, 0.4) is 0 Å². The zero-order valence-corrected chi connectivity index (χ0v) is 15.3. The van der Waals surface area contributed by atoms with Gasteiger partial charge in [-0.05, 0) is 30.9 Å². The minimum Gasteiger partial charge on any atom is -0.336 e. The Labute approximate surface area is 158 Å². The third-order valence-electron chi connectivity index (χ3n) is 5.12. The number of hydrogen-bond donors (Lipinski definition) is 0. The van der Waals surface area contributed by atoms with Gasteiger partial charge in [-0.1, -0.05) is 30.3 Å². The Morgan fingerprint density at radius 3 is 2.44 bits per heavy atom. The molecule has 2 aromatic rings. The van der Waals surface area contributed by atoms with Crippen molar-refractivity contribution in [1.29, 1.82) is 0 Å². The molecule has 1 fully saturated rings. The number of rotatable bonds is 3. The zero-order chi connectivity index (χ0) is 18.6. The van der Waals surface area contributed by atoms with E-state index in [4.69, 9.17) is 0 Å². The Bertz CT molecular complexity index is 853. The maximum absolute atomic E-state index is 12.7. The SMILES string of the molecule is O=C(/C=C/c1ccccc1)N1CCn2c(nnc2C(=O)N2CCCCC2)C1. The van der Waals surface area contributed by atoms with E-state index in [0.29, 0.717) is 31.3 Å². The van der Waals surface area contributed by atoms with E-state index in [9.17, 15) is 9.59 Å². The van der Waals surface area contributed by atoms with Crippen molar-refractivity contribution < 1.29 is 9.59 Å². The standard InChI is InChI=1S/C20H23N5O2/c26-18(10-9-16-7-3-1-4-8-16)24-13-14-25-17(15-24)21-22-19(25)20(27)23-11-5-2-6-12-23/h1,3-4,7-10H,2,5-6,11-15H2/b10-9+. The minimum atomic E-state index is -0.0583. The first-order valence-corrected chi connectivity index (χ1v) is 9.46. The van der Waals surface area contributed by atoms with Crippen molar-refractivity contribution in [2.75, 3.05) is 19.6 Å². The van der Waals surface area contributed by atoms with Crippen LogP contribution in [-0.4, -0.2) is 56.0 Å². The number of carbonyl (C=O) groups excluding carboxylic acids is 2. The predicted octanol–water partition coefficient (Wildman–Crippen LogP) is 1.96. The average Bonchev–Trinajstić information content (AvgIpc) is 3.16. The van der Waals surface area contributed by atoms with Gasteiger partial charge in [0.05, 0.1) is 6.54 Å². The molecule has 0 spiro atoms. The fourth-order valence-corrected chi connectivity index (χ4v) is 3.58. The molecule has 7 nitrogen and oxygen atoms in total. The third kappa shape index (κ3) is 3.77. The number of benzene rings is 1. The lowest BCUT2D eigenvalue weighted by atomic mass is 10.1. The van der Waals surface area contributed by atoms with Crippen molar-refractivity contribution in [2.24, 2.45) is 0 Å². The summed E-state index contributed by atoms with van der Waals surface area (Å²) in [6.45, 7) is 3.04. The maximum Gasteiger partial charge on any atom is 0.291 e. The summed E-state index contributed by atoms with van der Waals surface area (Å²) in [5.41, 5.74) is 0.987. The molecule has 0 saturated carbocycles. The average molecular weight is 365 g/mol. The van der Waals surface area contributed by atoms with Crippen LogP contribution in [0.5, 0.6) is 0 Å². The second-order valence-corrected chi connectivity index (χ2v) is 6.95. The van der Waals surface area contributed by atoms with E-state index < -0.39 is 0 Å². The van der Waals surface area contributed by atoms with E-state index in [-0.39, 0.29) is 11.8 Å². The van der Waals surface area contributed by atoms with Crippen LogP contribution in [0.2, 0.25) is 0 Å². The lowest BCUT2D eigenvalue weighted by Crippen LogP contribution is -2.40. The van der Waals surface area contributed by atoms with Crippen molar-refractivity contribution in [1.82, 2.24) is 24.6 Å². The summed E-state index contributed by atoms with van der Waals surface area (Å²) in [6, 6.07) is 9.73. The Balaban J connectivity index is 1.43. The first-order chi connectivity index (χ1) is 13.2. The van der Waals surface area contributed by atoms with Crippen molar-refractivity contribution in [3.63, 3.8) is 0 Å². The molecule has 7 heteroatoms. The number of aromatic nitrogens is 3. The molecular formula is C20H23N5O2. The molecule has 1 saturated heterocycles. The largest absolute Gasteiger partial charge is 0.336 e. The fourth-order valence-electron chi connectivity index (χ4n) is 3.58. The Morgan fingerprint density at radius 1 is 0.889 bits per heavy atom. The van der Waals surface area contributed by atoms with E-state index in [1.54, 1.807) is 11.0 Å². The van der Waals surface area contributed by atoms with E-state index in [2.05, 4.69) is 10.2 Å². The maximum atomic E-state index is 12.7. The van der Waals surface area contributed by atoms with Gasteiger partial charge in [-0.2, -0.15) is 0 Å². The number of amides is 2. The zero-order valence-electron chi connectivity index (χ0n) is 15.3. The summed E-state index contributed by atoms with van der Waals surface area (Å²) in [5, 5.41) is 8.30. The second kappa shape index (κ2) is 7.73. The summed E-state index contributed by atoms with van der Waals surface area (Å²) in [6.07, 6.45) is 6.66. The molecule has 4 rings (SSSR count). The van der Waals surface area contributed by atoms with E-state index >= 15 is 0 Å². The van der Waals surface area contributed by atoms with Gasteiger partial charge in [0.15, 0.2) is 5.82 Å². The predicted molar refractivity (Wildman–Crippen MR) is 101 cm³/mol. The fraction of sp³-hybridized carbons (Fsp3) is 0.400. The molecule has 0 bridgehead atoms. The molecule has 0 aliphatic carbocycles. The summed E-state index contributed by atoms with van der Waals surface area (Å²) in [5.74, 6) is 0.969. The van der Waals surface area contributed by atoms with Gasteiger partial charge in [-0.15, -0.1) is 10.2 Å². The number of nitrogens with zero attached hydrogens (tertiary/aromatic N) is 5. The van der Waals surface area contributed by atoms with Gasteiger partial charge in [0.1, 0.15) is 0 Å². The highest BCUT2D eigenvalue weighted by Crippen LogP contribution is 2.17. The van der Waals surface area contributed by atoms with Gasteiger partial charge in [0.25, 0.3) is 5.91 Å². The number of carbonyl (C=O) groups is 2. The van der Waals surface area contributed by atoms with Crippen LogP contribution < -0.4 is 0 Å². The quantitative estimate of drug-likeness (QED) is 0.780. The molecular weight excluding hydrogens is 342 g/mol. The number of hydrogen-bond acceptors (Lipinski definition) is 4. The van der Waals surface area contributed by atoms with Gasteiger partial charge in [-0.3, -0.25) is 9.59 Å². The summed E-state index contributed by atoms with van der Waals surface area (Å²) in [4.78, 5) is 28.8. The summed E-state index contributed by atoms with van der Waals surface area (Å²) in [7, 11) is 0. The van der Waals surface area contributed by atoms with Crippen LogP contribution in [-0.2, 0) is 17.9 Å². The van der Waals surface area contributed by atoms with Crippen LogP contribution in [0.1, 0.15) is 41.3 Å². The Kier molecular flexibility index (Phi) is 5.00. The molecule has 3 heterocycles. The highest BCUT2D eigenvalue weighted by Gasteiger charge is 2.29. The molecule has 0 radical (unpaired) electrons. The Hall–Kier alpha value is -2.96. The number of piperidine rings is 1. The molecule has 0 N–H and O–H groups in total. The first-order valence-electron chi connectivity index (χ1n) is 9.46. The molecule has 0 unspecified atom stereocenters. The lowest BCUT2D eigenvalue weighted by molar-refractivity contribution is -0.127. The summed E-state index contributed by atoms with van der Waals surface area (Å²) >= 11 is 0. The first kappa shape index (κ1) is 17.5. The van der Waals surface area contributed by atoms with Gasteiger partial charge >= 0.3 is 0 Å². The summed E-state index contributed by atoms with van der Waals surface area (Å²) < 4.78 is 1.86. The molecule has 2 aliphatic heterocycles. The number of likely N-dealkylation sites (tertiary alicyclic amines) is 1. The van der Waals surface area contributed by atoms with Crippen LogP contribution in [0.25, 0.3) is 6.08 Å². The van der Waals surface area contributed by atoms with Gasteiger partial charge in [0.2, 0.25) is 11.7 Å². The normalized spacial score (nSPS) is 17.2. The van der Waals surface area contributed by atoms with Crippen LogP contribution in [0.4, 0.5) is 0 Å². The second-order valence-electron chi connectivity index (χ2n) is 6.95. The molecule has 1 aromatic carbocycles. The topological polar surface area (TPSA) is 71.3 Å². The molecule has 1 aromatic heterocycles. The Morgan fingerprint density at radius 2 is 1.67 bits per heavy atom. The monoisotopic (exact) mass is 365 g/mol. The van der Waals surface area contributed by atoms with Crippen molar-refractivity contribution in [2.45, 2.75) is 32.4 Å². The number of fused-ring (bicyclic) bond motifs is 1. The lowest BCUT2D eigenvalue weighted by Gasteiger charge is -2.29. The van der Waals surface area contributed by atoms with Gasteiger partial charge in [0, 0.05) is 32.3 Å². The van der Waals surface area contributed by atoms with Crippen LogP contribution in [0.15, 0.2) is 36.4 Å². The van der Waals surface area contributed by atoms with Crippen molar-refractivity contribution in [3.8, 4) is 0 Å². The smallest absolute Gasteiger partial charge is 0.291 e. The molecule has 2 aliphatic rings. The molecule has 2 amide bonds. The molecule has 27 heavy (non-hydrogen) atoms.